The van der Waals surface area contributed by atoms with Crippen LogP contribution in [0.25, 0.3) is 0 Å². The molecule has 0 heterocycles. The zero-order chi connectivity index (χ0) is 19.1. The summed E-state index contributed by atoms with van der Waals surface area (Å²) in [6.45, 7) is 4.16. The molecule has 3 nitrogen and oxygen atoms in total. The van der Waals surface area contributed by atoms with Gasteiger partial charge in [-0.15, -0.1) is 0 Å². The van der Waals surface area contributed by atoms with Crippen molar-refractivity contribution < 1.29 is 22.7 Å². The summed E-state index contributed by atoms with van der Waals surface area (Å²) in [5.41, 5.74) is -3.19. The molecule has 0 aromatic heterocycles. The molecule has 0 radical (unpaired) electrons. The number of hydrogen-bond acceptors (Lipinski definition) is 2. The largest absolute Gasteiger partial charge is 0.430 e. The summed E-state index contributed by atoms with van der Waals surface area (Å²) in [5, 5.41) is 2.75. The number of methoxy groups -OCH3 is 1. The second-order valence-corrected chi connectivity index (χ2v) is 7.90. The Morgan fingerprint density at radius 2 is 1.77 bits per heavy atom. The molecule has 2 aliphatic carbocycles. The van der Waals surface area contributed by atoms with Gasteiger partial charge >= 0.3 is 6.18 Å². The lowest BCUT2D eigenvalue weighted by atomic mass is 9.77. The highest BCUT2D eigenvalue weighted by atomic mass is 19.4. The van der Waals surface area contributed by atoms with Gasteiger partial charge in [0, 0.05) is 18.7 Å². The highest BCUT2D eigenvalue weighted by Crippen LogP contribution is 2.52. The highest BCUT2D eigenvalue weighted by molar-refractivity contribution is 5.88. The quantitative estimate of drug-likeness (QED) is 0.841. The van der Waals surface area contributed by atoms with E-state index in [-0.39, 0.29) is 23.4 Å². The van der Waals surface area contributed by atoms with Gasteiger partial charge in [-0.25, -0.2) is 0 Å². The van der Waals surface area contributed by atoms with Gasteiger partial charge in [0.2, 0.25) is 0 Å². The lowest BCUT2D eigenvalue weighted by Crippen LogP contribution is -2.59. The number of rotatable bonds is 5. The SMILES string of the molecule is CO[C@](C(=O)N[C@H]1C2CC[C@H](C2)[C@@H]1C(C)C)(c1ccccc1)C(F)(F)F. The third kappa shape index (κ3) is 2.92. The van der Waals surface area contributed by atoms with E-state index in [2.05, 4.69) is 19.2 Å². The number of ether oxygens (including phenoxy) is 1. The Kier molecular flexibility index (Phi) is 5.08. The number of amides is 1. The third-order valence-electron chi connectivity index (χ3n) is 6.25. The van der Waals surface area contributed by atoms with Crippen molar-refractivity contribution in [3.05, 3.63) is 35.9 Å². The van der Waals surface area contributed by atoms with E-state index in [1.54, 1.807) is 6.07 Å². The average Bonchev–Trinajstić information content (AvgIpc) is 3.17. The smallest absolute Gasteiger partial charge is 0.356 e. The second kappa shape index (κ2) is 6.87. The van der Waals surface area contributed by atoms with Crippen molar-refractivity contribution in [2.24, 2.45) is 23.7 Å². The van der Waals surface area contributed by atoms with Crippen molar-refractivity contribution in [3.63, 3.8) is 0 Å². The van der Waals surface area contributed by atoms with Crippen molar-refractivity contribution in [1.82, 2.24) is 5.32 Å². The predicted molar refractivity (Wildman–Crippen MR) is 92.3 cm³/mol. The number of alkyl halides is 3. The molecular formula is C20H26F3NO2. The van der Waals surface area contributed by atoms with E-state index in [1.165, 1.54) is 24.3 Å². The molecule has 2 bridgehead atoms. The molecule has 26 heavy (non-hydrogen) atoms. The highest BCUT2D eigenvalue weighted by Gasteiger charge is 2.63. The fourth-order valence-corrected chi connectivity index (χ4v) is 5.18. The van der Waals surface area contributed by atoms with E-state index in [1.807, 2.05) is 0 Å². The Balaban J connectivity index is 1.94. The van der Waals surface area contributed by atoms with E-state index in [0.29, 0.717) is 11.8 Å². The molecule has 1 amide bonds. The van der Waals surface area contributed by atoms with Gasteiger partial charge in [-0.1, -0.05) is 44.2 Å². The summed E-state index contributed by atoms with van der Waals surface area (Å²) in [7, 11) is 0.945. The Hall–Kier alpha value is -1.56. The third-order valence-corrected chi connectivity index (χ3v) is 6.25. The fourth-order valence-electron chi connectivity index (χ4n) is 5.18. The Morgan fingerprint density at radius 3 is 2.31 bits per heavy atom. The summed E-state index contributed by atoms with van der Waals surface area (Å²) in [6.07, 6.45) is -1.80. The predicted octanol–water partition coefficient (Wildman–Crippen LogP) is 4.28. The molecule has 6 heteroatoms. The number of benzene rings is 1. The average molecular weight is 369 g/mol. The van der Waals surface area contributed by atoms with Crippen molar-refractivity contribution in [2.75, 3.05) is 7.11 Å². The molecule has 0 saturated heterocycles. The van der Waals surface area contributed by atoms with Crippen LogP contribution in [0.3, 0.4) is 0 Å². The van der Waals surface area contributed by atoms with Gasteiger partial charge in [0.15, 0.2) is 0 Å². The van der Waals surface area contributed by atoms with Crippen molar-refractivity contribution >= 4 is 5.91 Å². The van der Waals surface area contributed by atoms with Crippen LogP contribution in [0.4, 0.5) is 13.2 Å². The van der Waals surface area contributed by atoms with Crippen molar-refractivity contribution in [2.45, 2.75) is 50.9 Å². The molecule has 1 unspecified atom stereocenters. The molecule has 2 fully saturated rings. The topological polar surface area (TPSA) is 38.3 Å². The van der Waals surface area contributed by atoms with Gasteiger partial charge in [-0.05, 0) is 42.9 Å². The van der Waals surface area contributed by atoms with Gasteiger partial charge in [0.25, 0.3) is 11.5 Å². The maximum Gasteiger partial charge on any atom is 0.430 e. The molecule has 5 atom stereocenters. The molecule has 1 N–H and O–H groups in total. The van der Waals surface area contributed by atoms with Crippen LogP contribution in [0.1, 0.15) is 38.7 Å². The first-order valence-corrected chi connectivity index (χ1v) is 9.20. The molecule has 144 valence electrons. The first-order valence-electron chi connectivity index (χ1n) is 9.20. The van der Waals surface area contributed by atoms with Crippen molar-refractivity contribution in [3.8, 4) is 0 Å². The lowest BCUT2D eigenvalue weighted by molar-refractivity contribution is -0.266. The molecule has 1 aromatic rings. The molecule has 2 saturated carbocycles. The summed E-state index contributed by atoms with van der Waals surface area (Å²) >= 11 is 0. The molecule has 3 rings (SSSR count). The second-order valence-electron chi connectivity index (χ2n) is 7.90. The molecule has 1 aromatic carbocycles. The van der Waals surface area contributed by atoms with Crippen LogP contribution < -0.4 is 5.32 Å². The monoisotopic (exact) mass is 369 g/mol. The van der Waals surface area contributed by atoms with Crippen LogP contribution in [-0.4, -0.2) is 25.2 Å². The summed E-state index contributed by atoms with van der Waals surface area (Å²) in [5.74, 6) is 0.174. The minimum absolute atomic E-state index is 0.197. The van der Waals surface area contributed by atoms with E-state index >= 15 is 0 Å². The van der Waals surface area contributed by atoms with Gasteiger partial charge in [-0.3, -0.25) is 4.79 Å². The van der Waals surface area contributed by atoms with E-state index < -0.39 is 17.7 Å². The molecule has 2 aliphatic rings. The normalized spacial score (nSPS) is 30.4. The van der Waals surface area contributed by atoms with Crippen LogP contribution in [-0.2, 0) is 15.1 Å². The zero-order valence-electron chi connectivity index (χ0n) is 15.3. The lowest BCUT2D eigenvalue weighted by Gasteiger charge is -2.39. The minimum atomic E-state index is -4.86. The maximum atomic E-state index is 14.0. The number of hydrogen-bond donors (Lipinski definition) is 1. The fraction of sp³-hybridized carbons (Fsp3) is 0.650. The van der Waals surface area contributed by atoms with Crippen molar-refractivity contribution in [1.29, 1.82) is 0 Å². The van der Waals surface area contributed by atoms with Crippen LogP contribution in [0.5, 0.6) is 0 Å². The first kappa shape index (κ1) is 19.2. The van der Waals surface area contributed by atoms with E-state index in [4.69, 9.17) is 4.74 Å². The van der Waals surface area contributed by atoms with Crippen LogP contribution in [0.2, 0.25) is 0 Å². The van der Waals surface area contributed by atoms with Gasteiger partial charge in [-0.2, -0.15) is 13.2 Å². The molecule has 0 spiro atoms. The summed E-state index contributed by atoms with van der Waals surface area (Å²) in [6, 6.07) is 6.94. The number of carbonyl (C=O) groups is 1. The van der Waals surface area contributed by atoms with Crippen LogP contribution >= 0.6 is 0 Å². The van der Waals surface area contributed by atoms with Crippen LogP contribution in [0.15, 0.2) is 30.3 Å². The number of nitrogens with one attached hydrogen (secondary N) is 1. The Morgan fingerprint density at radius 1 is 1.15 bits per heavy atom. The summed E-state index contributed by atoms with van der Waals surface area (Å²) in [4.78, 5) is 13.0. The minimum Gasteiger partial charge on any atom is -0.356 e. The number of carbonyl (C=O) groups excluding carboxylic acids is 1. The zero-order valence-corrected chi connectivity index (χ0v) is 15.3. The van der Waals surface area contributed by atoms with Gasteiger partial charge < -0.3 is 10.1 Å². The summed E-state index contributed by atoms with van der Waals surface area (Å²) < 4.78 is 47.0. The van der Waals surface area contributed by atoms with Crippen LogP contribution in [0, 0.1) is 23.7 Å². The van der Waals surface area contributed by atoms with Gasteiger partial charge in [0.05, 0.1) is 0 Å². The number of halogens is 3. The first-order chi connectivity index (χ1) is 12.2. The van der Waals surface area contributed by atoms with E-state index in [0.717, 1.165) is 26.4 Å². The Labute approximate surface area is 152 Å². The van der Waals surface area contributed by atoms with E-state index in [9.17, 15) is 18.0 Å². The standard InChI is InChI=1S/C20H26F3NO2/c1-12(2)16-13-9-10-14(11-13)17(16)24-18(25)19(26-3,20(21,22)23)15-7-5-4-6-8-15/h4-8,12-14,16-17H,9-11H2,1-3H3,(H,24,25)/t13-,14?,16+,17+,19+/m1/s1. The van der Waals surface area contributed by atoms with Gasteiger partial charge in [0.1, 0.15) is 0 Å². The molecular weight excluding hydrogens is 343 g/mol. The molecule has 0 aliphatic heterocycles. The maximum absolute atomic E-state index is 14.0. The number of fused-ring (bicyclic) bond motifs is 2. The Bertz CT molecular complexity index is 646.